The summed E-state index contributed by atoms with van der Waals surface area (Å²) in [4.78, 5) is 0. The van der Waals surface area contributed by atoms with Gasteiger partial charge in [-0.25, -0.2) is 9.07 Å². The van der Waals surface area contributed by atoms with E-state index < -0.39 is 0 Å². The van der Waals surface area contributed by atoms with Gasteiger partial charge in [0.25, 0.3) is 0 Å². The molecule has 0 amide bonds. The Morgan fingerprint density at radius 3 is 2.95 bits per heavy atom. The molecule has 2 N–H and O–H groups in total. The van der Waals surface area contributed by atoms with Gasteiger partial charge in [-0.2, -0.15) is 0 Å². The third-order valence-electron chi connectivity index (χ3n) is 3.01. The molecule has 1 aromatic carbocycles. The number of nitrogens with zero attached hydrogens (tertiary/aromatic N) is 4. The van der Waals surface area contributed by atoms with Gasteiger partial charge in [0.2, 0.25) is 0 Å². The summed E-state index contributed by atoms with van der Waals surface area (Å²) < 4.78 is 20.0. The number of aryl methyl sites for hydroxylation is 1. The van der Waals surface area contributed by atoms with Crippen LogP contribution in [0.1, 0.15) is 19.3 Å². The van der Waals surface area contributed by atoms with Gasteiger partial charge in [-0.15, -0.1) is 5.10 Å². The summed E-state index contributed by atoms with van der Waals surface area (Å²) in [6.07, 6.45) is 2.94. The highest BCUT2D eigenvalue weighted by atomic mass is 19.1. The van der Waals surface area contributed by atoms with E-state index in [9.17, 15) is 4.39 Å². The summed E-state index contributed by atoms with van der Waals surface area (Å²) in [5.41, 5.74) is 6.83. The van der Waals surface area contributed by atoms with E-state index in [2.05, 4.69) is 15.5 Å². The standard InChI is InChI=1S/C13H18FN5O/c1-20-8-4-2-3-7-19-13(16-17-18-19)11-9-10(14)5-6-12(11)15/h5-6,9H,2-4,7-8,15H2,1H3. The molecule has 0 fully saturated rings. The fourth-order valence-electron chi connectivity index (χ4n) is 1.96. The Balaban J connectivity index is 2.06. The molecule has 108 valence electrons. The van der Waals surface area contributed by atoms with Crippen molar-refractivity contribution < 1.29 is 9.13 Å². The molecule has 20 heavy (non-hydrogen) atoms. The number of methoxy groups -OCH3 is 1. The molecule has 0 saturated heterocycles. The van der Waals surface area contributed by atoms with Crippen LogP contribution >= 0.6 is 0 Å². The molecule has 6 nitrogen and oxygen atoms in total. The number of tetrazole rings is 1. The van der Waals surface area contributed by atoms with Gasteiger partial charge >= 0.3 is 0 Å². The smallest absolute Gasteiger partial charge is 0.184 e. The van der Waals surface area contributed by atoms with Gasteiger partial charge in [-0.3, -0.25) is 0 Å². The Hall–Kier alpha value is -2.02. The average molecular weight is 279 g/mol. The van der Waals surface area contributed by atoms with Crippen molar-refractivity contribution in [3.05, 3.63) is 24.0 Å². The second-order valence-electron chi connectivity index (χ2n) is 4.51. The van der Waals surface area contributed by atoms with Crippen LogP contribution < -0.4 is 5.73 Å². The van der Waals surface area contributed by atoms with Gasteiger partial charge < -0.3 is 10.5 Å². The molecule has 0 atom stereocenters. The van der Waals surface area contributed by atoms with E-state index in [1.807, 2.05) is 0 Å². The molecule has 0 aliphatic carbocycles. The second-order valence-corrected chi connectivity index (χ2v) is 4.51. The van der Waals surface area contributed by atoms with Crippen molar-refractivity contribution >= 4 is 5.69 Å². The molecule has 1 heterocycles. The number of hydrogen-bond acceptors (Lipinski definition) is 5. The first-order chi connectivity index (χ1) is 9.72. The molecule has 0 aliphatic rings. The van der Waals surface area contributed by atoms with Crippen molar-refractivity contribution in [1.29, 1.82) is 0 Å². The van der Waals surface area contributed by atoms with Crippen molar-refractivity contribution in [2.24, 2.45) is 0 Å². The molecule has 0 bridgehead atoms. The average Bonchev–Trinajstić information content (AvgIpc) is 2.89. The number of nitrogen functional groups attached to an aromatic ring is 1. The van der Waals surface area contributed by atoms with E-state index in [0.717, 1.165) is 25.9 Å². The summed E-state index contributed by atoms with van der Waals surface area (Å²) in [7, 11) is 1.69. The fraction of sp³-hybridized carbons (Fsp3) is 0.462. The number of ether oxygens (including phenoxy) is 1. The Labute approximate surface area is 116 Å². The molecule has 0 unspecified atom stereocenters. The Morgan fingerprint density at radius 2 is 2.15 bits per heavy atom. The lowest BCUT2D eigenvalue weighted by molar-refractivity contribution is 0.191. The van der Waals surface area contributed by atoms with Crippen LogP contribution in [-0.4, -0.2) is 33.9 Å². The zero-order chi connectivity index (χ0) is 14.4. The first kappa shape index (κ1) is 14.4. The van der Waals surface area contributed by atoms with E-state index >= 15 is 0 Å². The quantitative estimate of drug-likeness (QED) is 0.618. The van der Waals surface area contributed by atoms with Gasteiger partial charge in [0.05, 0.1) is 0 Å². The largest absolute Gasteiger partial charge is 0.398 e. The minimum atomic E-state index is -0.358. The SMILES string of the molecule is COCCCCCn1nnnc1-c1cc(F)ccc1N. The van der Waals surface area contributed by atoms with Crippen molar-refractivity contribution in [3.8, 4) is 11.4 Å². The lowest BCUT2D eigenvalue weighted by Gasteiger charge is -2.07. The third-order valence-corrected chi connectivity index (χ3v) is 3.01. The number of halogens is 1. The van der Waals surface area contributed by atoms with E-state index in [1.54, 1.807) is 11.8 Å². The van der Waals surface area contributed by atoms with Gasteiger partial charge in [0.1, 0.15) is 5.82 Å². The van der Waals surface area contributed by atoms with E-state index in [4.69, 9.17) is 10.5 Å². The summed E-state index contributed by atoms with van der Waals surface area (Å²) in [5, 5.41) is 11.5. The van der Waals surface area contributed by atoms with Crippen molar-refractivity contribution in [1.82, 2.24) is 20.2 Å². The normalized spacial score (nSPS) is 10.9. The maximum atomic E-state index is 13.3. The predicted octanol–water partition coefficient (Wildman–Crippen LogP) is 1.88. The molecule has 0 radical (unpaired) electrons. The molecular formula is C13H18FN5O. The van der Waals surface area contributed by atoms with Crippen LogP contribution in [0.5, 0.6) is 0 Å². The maximum absolute atomic E-state index is 13.3. The van der Waals surface area contributed by atoms with Gasteiger partial charge in [0.15, 0.2) is 5.82 Å². The van der Waals surface area contributed by atoms with Crippen LogP contribution in [0.25, 0.3) is 11.4 Å². The fourth-order valence-corrected chi connectivity index (χ4v) is 1.96. The molecule has 2 rings (SSSR count). The Morgan fingerprint density at radius 1 is 1.30 bits per heavy atom. The third kappa shape index (κ3) is 3.51. The molecule has 1 aromatic heterocycles. The summed E-state index contributed by atoms with van der Waals surface area (Å²) in [6.45, 7) is 1.42. The zero-order valence-corrected chi connectivity index (χ0v) is 11.4. The Bertz CT molecular complexity index is 557. The van der Waals surface area contributed by atoms with Crippen LogP contribution in [-0.2, 0) is 11.3 Å². The Kier molecular flexibility index (Phi) is 5.00. The highest BCUT2D eigenvalue weighted by molar-refractivity contribution is 5.71. The van der Waals surface area contributed by atoms with E-state index in [0.29, 0.717) is 23.6 Å². The number of benzene rings is 1. The summed E-state index contributed by atoms with van der Waals surface area (Å²) in [5.74, 6) is 0.137. The van der Waals surface area contributed by atoms with Gasteiger partial charge in [0, 0.05) is 31.5 Å². The summed E-state index contributed by atoms with van der Waals surface area (Å²) >= 11 is 0. The van der Waals surface area contributed by atoms with E-state index in [1.165, 1.54) is 18.2 Å². The van der Waals surface area contributed by atoms with Crippen molar-refractivity contribution in [2.45, 2.75) is 25.8 Å². The number of nitrogens with two attached hydrogens (primary N) is 1. The molecule has 0 saturated carbocycles. The van der Waals surface area contributed by atoms with Crippen LogP contribution in [0.3, 0.4) is 0 Å². The number of anilines is 1. The molecular weight excluding hydrogens is 261 g/mol. The molecule has 7 heteroatoms. The first-order valence-corrected chi connectivity index (χ1v) is 6.53. The minimum Gasteiger partial charge on any atom is -0.398 e. The van der Waals surface area contributed by atoms with Crippen LogP contribution in [0.4, 0.5) is 10.1 Å². The predicted molar refractivity (Wildman–Crippen MR) is 73.4 cm³/mol. The summed E-state index contributed by atoms with van der Waals surface area (Å²) in [6, 6.07) is 4.18. The minimum absolute atomic E-state index is 0.358. The van der Waals surface area contributed by atoms with Crippen LogP contribution in [0.2, 0.25) is 0 Å². The monoisotopic (exact) mass is 279 g/mol. The lowest BCUT2D eigenvalue weighted by atomic mass is 10.1. The maximum Gasteiger partial charge on any atom is 0.184 e. The zero-order valence-electron chi connectivity index (χ0n) is 11.4. The van der Waals surface area contributed by atoms with Gasteiger partial charge in [-0.1, -0.05) is 0 Å². The number of rotatable bonds is 7. The van der Waals surface area contributed by atoms with Crippen molar-refractivity contribution in [2.75, 3.05) is 19.5 Å². The van der Waals surface area contributed by atoms with Crippen LogP contribution in [0, 0.1) is 5.82 Å². The molecule has 0 spiro atoms. The second kappa shape index (κ2) is 6.95. The van der Waals surface area contributed by atoms with E-state index in [-0.39, 0.29) is 5.82 Å². The number of unbranched alkanes of at least 4 members (excludes halogenated alkanes) is 2. The highest BCUT2D eigenvalue weighted by Crippen LogP contribution is 2.24. The first-order valence-electron chi connectivity index (χ1n) is 6.53. The number of aromatic nitrogens is 4. The number of hydrogen-bond donors (Lipinski definition) is 1. The topological polar surface area (TPSA) is 78.8 Å². The highest BCUT2D eigenvalue weighted by Gasteiger charge is 2.12. The molecule has 2 aromatic rings. The van der Waals surface area contributed by atoms with Gasteiger partial charge in [-0.05, 0) is 47.9 Å². The van der Waals surface area contributed by atoms with Crippen LogP contribution in [0.15, 0.2) is 18.2 Å². The molecule has 0 aliphatic heterocycles. The lowest BCUT2D eigenvalue weighted by Crippen LogP contribution is -2.05. The van der Waals surface area contributed by atoms with Crippen molar-refractivity contribution in [3.63, 3.8) is 0 Å².